The van der Waals surface area contributed by atoms with Crippen molar-refractivity contribution in [3.63, 3.8) is 0 Å². The zero-order chi connectivity index (χ0) is 15.6. The average molecular weight is 288 g/mol. The average Bonchev–Trinajstić information content (AvgIpc) is 2.45. The van der Waals surface area contributed by atoms with E-state index in [1.54, 1.807) is 26.0 Å². The molecule has 0 amide bonds. The molecule has 3 N–H and O–H groups in total. The number of rotatable bonds is 4. The van der Waals surface area contributed by atoms with Gasteiger partial charge in [-0.2, -0.15) is 0 Å². The summed E-state index contributed by atoms with van der Waals surface area (Å²) >= 11 is 0. The Labute approximate surface area is 121 Å². The van der Waals surface area contributed by atoms with Crippen molar-refractivity contribution < 1.29 is 9.90 Å². The van der Waals surface area contributed by atoms with E-state index in [4.69, 9.17) is 5.11 Å². The third kappa shape index (κ3) is 3.25. The van der Waals surface area contributed by atoms with Gasteiger partial charge in [-0.25, -0.2) is 9.97 Å². The molecule has 0 aliphatic carbocycles. The summed E-state index contributed by atoms with van der Waals surface area (Å²) in [6, 6.07) is 2.63. The maximum atomic E-state index is 11.7. The van der Waals surface area contributed by atoms with Crippen LogP contribution in [0.2, 0.25) is 0 Å². The van der Waals surface area contributed by atoms with Crippen molar-refractivity contribution in [2.75, 3.05) is 5.32 Å². The van der Waals surface area contributed by atoms with E-state index < -0.39 is 12.0 Å². The minimum Gasteiger partial charge on any atom is -0.480 e. The van der Waals surface area contributed by atoms with Crippen LogP contribution in [0.15, 0.2) is 23.1 Å². The zero-order valence-electron chi connectivity index (χ0n) is 12.0. The minimum atomic E-state index is -0.957. The number of nitrogens with one attached hydrogen (secondary N) is 2. The van der Waals surface area contributed by atoms with Gasteiger partial charge in [0.2, 0.25) is 0 Å². The number of anilines is 1. The van der Waals surface area contributed by atoms with Crippen molar-refractivity contribution in [2.24, 2.45) is 0 Å². The molecule has 0 radical (unpaired) electrons. The number of aromatic nitrogens is 3. The smallest absolute Gasteiger partial charge is 0.325 e. The van der Waals surface area contributed by atoms with E-state index in [9.17, 15) is 9.59 Å². The fourth-order valence-electron chi connectivity index (χ4n) is 1.68. The maximum Gasteiger partial charge on any atom is 0.325 e. The summed E-state index contributed by atoms with van der Waals surface area (Å²) in [5.41, 5.74) is 1.72. The molecule has 0 aliphatic heterocycles. The number of pyridine rings is 1. The molecule has 0 aliphatic rings. The molecule has 7 nitrogen and oxygen atoms in total. The van der Waals surface area contributed by atoms with Gasteiger partial charge in [0.15, 0.2) is 0 Å². The van der Waals surface area contributed by atoms with Crippen molar-refractivity contribution in [3.05, 3.63) is 39.9 Å². The highest BCUT2D eigenvalue weighted by Crippen LogP contribution is 2.15. The fourth-order valence-corrected chi connectivity index (χ4v) is 1.68. The van der Waals surface area contributed by atoms with Crippen LogP contribution in [-0.4, -0.2) is 32.1 Å². The first-order valence-corrected chi connectivity index (χ1v) is 6.41. The first-order valence-electron chi connectivity index (χ1n) is 6.41. The number of nitrogens with zero attached hydrogens (tertiary/aromatic N) is 2. The largest absolute Gasteiger partial charge is 0.480 e. The number of hydrogen-bond acceptors (Lipinski definition) is 5. The van der Waals surface area contributed by atoms with Crippen LogP contribution in [0.1, 0.15) is 18.2 Å². The quantitative estimate of drug-likeness (QED) is 0.783. The van der Waals surface area contributed by atoms with Crippen LogP contribution in [0, 0.1) is 13.8 Å². The van der Waals surface area contributed by atoms with Gasteiger partial charge in [-0.3, -0.25) is 9.59 Å². The molecule has 0 spiro atoms. The normalized spacial score (nSPS) is 12.0. The highest BCUT2D eigenvalue weighted by Gasteiger charge is 2.11. The van der Waals surface area contributed by atoms with E-state index in [1.165, 1.54) is 13.1 Å². The lowest BCUT2D eigenvalue weighted by atomic mass is 10.2. The SMILES string of the molecule is Cc1nc(-c2ccc(N[C@H](C)C(=O)O)nc2)[nH]c(=O)c1C. The summed E-state index contributed by atoms with van der Waals surface area (Å²) in [5.74, 6) is -0.0747. The second kappa shape index (κ2) is 5.74. The lowest BCUT2D eigenvalue weighted by molar-refractivity contribution is -0.137. The van der Waals surface area contributed by atoms with Crippen LogP contribution >= 0.6 is 0 Å². The second-order valence-electron chi connectivity index (χ2n) is 4.76. The van der Waals surface area contributed by atoms with Crippen molar-refractivity contribution in [1.29, 1.82) is 0 Å². The third-order valence-corrected chi connectivity index (χ3v) is 3.17. The zero-order valence-corrected chi connectivity index (χ0v) is 12.0. The molecule has 0 unspecified atom stereocenters. The van der Waals surface area contributed by atoms with Gasteiger partial charge in [0.25, 0.3) is 5.56 Å². The van der Waals surface area contributed by atoms with E-state index in [2.05, 4.69) is 20.3 Å². The van der Waals surface area contributed by atoms with Crippen molar-refractivity contribution >= 4 is 11.8 Å². The number of hydrogen-bond donors (Lipinski definition) is 3. The number of carbonyl (C=O) groups is 1. The van der Waals surface area contributed by atoms with Gasteiger partial charge in [-0.1, -0.05) is 0 Å². The highest BCUT2D eigenvalue weighted by atomic mass is 16.4. The van der Waals surface area contributed by atoms with E-state index in [-0.39, 0.29) is 5.56 Å². The topological polar surface area (TPSA) is 108 Å². The molecule has 0 saturated carbocycles. The molecule has 21 heavy (non-hydrogen) atoms. The summed E-state index contributed by atoms with van der Waals surface area (Å²) < 4.78 is 0. The van der Waals surface area contributed by atoms with Crippen LogP contribution in [-0.2, 0) is 4.79 Å². The van der Waals surface area contributed by atoms with Gasteiger partial charge in [0.05, 0.1) is 0 Å². The number of H-pyrrole nitrogens is 1. The lowest BCUT2D eigenvalue weighted by Crippen LogP contribution is -2.25. The van der Waals surface area contributed by atoms with E-state index in [0.29, 0.717) is 28.5 Å². The van der Waals surface area contributed by atoms with Gasteiger partial charge in [0.1, 0.15) is 17.7 Å². The third-order valence-electron chi connectivity index (χ3n) is 3.17. The number of carboxylic acid groups (broad SMARTS) is 1. The second-order valence-corrected chi connectivity index (χ2v) is 4.76. The predicted molar refractivity (Wildman–Crippen MR) is 78.3 cm³/mol. The summed E-state index contributed by atoms with van der Waals surface area (Å²) in [7, 11) is 0. The molecule has 0 saturated heterocycles. The lowest BCUT2D eigenvalue weighted by Gasteiger charge is -2.10. The Bertz CT molecular complexity index is 722. The van der Waals surface area contributed by atoms with Crippen LogP contribution < -0.4 is 10.9 Å². The molecule has 2 aromatic heterocycles. The van der Waals surface area contributed by atoms with E-state index >= 15 is 0 Å². The monoisotopic (exact) mass is 288 g/mol. The van der Waals surface area contributed by atoms with Crippen molar-refractivity contribution in [3.8, 4) is 11.4 Å². The molecule has 2 heterocycles. The molecule has 2 aromatic rings. The molecular weight excluding hydrogens is 272 g/mol. The van der Waals surface area contributed by atoms with E-state index in [0.717, 1.165) is 0 Å². The van der Waals surface area contributed by atoms with Crippen molar-refractivity contribution in [1.82, 2.24) is 15.0 Å². The maximum absolute atomic E-state index is 11.7. The van der Waals surface area contributed by atoms with Crippen LogP contribution in [0.4, 0.5) is 5.82 Å². The Morgan fingerprint density at radius 2 is 2.10 bits per heavy atom. The Morgan fingerprint density at radius 1 is 1.38 bits per heavy atom. The summed E-state index contributed by atoms with van der Waals surface area (Å²) in [4.78, 5) is 33.6. The predicted octanol–water partition coefficient (Wildman–Crippen LogP) is 1.33. The summed E-state index contributed by atoms with van der Waals surface area (Å²) in [6.07, 6.45) is 1.53. The van der Waals surface area contributed by atoms with Gasteiger partial charge in [-0.15, -0.1) is 0 Å². The Morgan fingerprint density at radius 3 is 2.62 bits per heavy atom. The molecule has 7 heteroatoms. The number of aryl methyl sites for hydroxylation is 1. The fraction of sp³-hybridized carbons (Fsp3) is 0.286. The number of aliphatic carboxylic acids is 1. The molecule has 0 bridgehead atoms. The Balaban J connectivity index is 2.27. The number of carboxylic acids is 1. The van der Waals surface area contributed by atoms with Gasteiger partial charge in [-0.05, 0) is 32.9 Å². The summed E-state index contributed by atoms with van der Waals surface area (Å²) in [5, 5.41) is 11.6. The first-order chi connectivity index (χ1) is 9.88. The number of aromatic amines is 1. The Kier molecular flexibility index (Phi) is 4.02. The van der Waals surface area contributed by atoms with Gasteiger partial charge >= 0.3 is 5.97 Å². The first kappa shape index (κ1) is 14.7. The van der Waals surface area contributed by atoms with E-state index in [1.807, 2.05) is 0 Å². The molecule has 0 aromatic carbocycles. The minimum absolute atomic E-state index is 0.181. The summed E-state index contributed by atoms with van der Waals surface area (Å²) in [6.45, 7) is 5.01. The van der Waals surface area contributed by atoms with Crippen LogP contribution in [0.3, 0.4) is 0 Å². The van der Waals surface area contributed by atoms with Gasteiger partial charge in [0, 0.05) is 23.0 Å². The highest BCUT2D eigenvalue weighted by molar-refractivity contribution is 5.76. The van der Waals surface area contributed by atoms with Crippen LogP contribution in [0.5, 0.6) is 0 Å². The molecule has 2 rings (SSSR count). The Hall–Kier alpha value is -2.70. The molecule has 1 atom stereocenters. The molecule has 110 valence electrons. The standard InChI is InChI=1S/C14H16N4O3/c1-7-8(2)17-12(18-13(7)19)10-4-5-11(15-6-10)16-9(3)14(20)21/h4-6,9H,1-3H3,(H,15,16)(H,20,21)(H,17,18,19)/t9-/m1/s1. The molecule has 0 fully saturated rings. The van der Waals surface area contributed by atoms with Crippen LogP contribution in [0.25, 0.3) is 11.4 Å². The molecular formula is C14H16N4O3. The van der Waals surface area contributed by atoms with Gasteiger partial charge < -0.3 is 15.4 Å². The van der Waals surface area contributed by atoms with Crippen molar-refractivity contribution in [2.45, 2.75) is 26.8 Å².